The number of rotatable bonds is 8. The van der Waals surface area contributed by atoms with Gasteiger partial charge in [-0.3, -0.25) is 0 Å². The number of ether oxygens (including phenoxy) is 2. The fourth-order valence-electron chi connectivity index (χ4n) is 1.90. The summed E-state index contributed by atoms with van der Waals surface area (Å²) in [4.78, 5) is 35.1. The minimum Gasteiger partial charge on any atom is -0.545 e. The molecule has 33 heavy (non-hydrogen) atoms. The Bertz CT molecular complexity index is 906. The van der Waals surface area contributed by atoms with E-state index >= 15 is 0 Å². The number of aromatic carboxylic acids is 1. The lowest BCUT2D eigenvalue weighted by molar-refractivity contribution is -0.856. The largest absolute Gasteiger partial charge is 0.545 e. The molecule has 0 aliphatic carbocycles. The Balaban J connectivity index is 0.000000640. The molecule has 0 saturated heterocycles. The molecule has 0 bridgehead atoms. The summed E-state index contributed by atoms with van der Waals surface area (Å²) in [6, 6.07) is 15.6. The highest BCUT2D eigenvalue weighted by molar-refractivity contribution is 6.01. The van der Waals surface area contributed by atoms with Gasteiger partial charge < -0.3 is 24.3 Å². The van der Waals surface area contributed by atoms with Crippen molar-refractivity contribution in [2.45, 2.75) is 13.8 Å². The maximum atomic E-state index is 11.7. The van der Waals surface area contributed by atoms with Crippen LogP contribution in [0.15, 0.2) is 73.3 Å². The van der Waals surface area contributed by atoms with Crippen LogP contribution in [0.1, 0.15) is 40.1 Å². The summed E-state index contributed by atoms with van der Waals surface area (Å²) in [7, 11) is 4.28. The van der Waals surface area contributed by atoms with Gasteiger partial charge in [0.2, 0.25) is 0 Å². The van der Waals surface area contributed by atoms with Crippen LogP contribution in [0, 0.1) is 0 Å². The highest BCUT2D eigenvalue weighted by Gasteiger charge is 2.13. The van der Waals surface area contributed by atoms with Crippen molar-refractivity contribution >= 4 is 24.0 Å². The summed E-state index contributed by atoms with van der Waals surface area (Å²) in [6.07, 6.45) is 1.83. The number of carbonyl (C=O) groups is 3. The Morgan fingerprint density at radius 2 is 1.42 bits per heavy atom. The minimum absolute atomic E-state index is 0.112. The molecule has 0 amide bonds. The average Bonchev–Trinajstić information content (AvgIpc) is 2.82. The number of hydrogen-bond donors (Lipinski definition) is 1. The Labute approximate surface area is 195 Å². The molecule has 2 aromatic carbocycles. The molecule has 2 rings (SSSR count). The highest BCUT2D eigenvalue weighted by Crippen LogP contribution is 2.09. The summed E-state index contributed by atoms with van der Waals surface area (Å²) < 4.78 is 9.54. The summed E-state index contributed by atoms with van der Waals surface area (Å²) in [5, 5.41) is 10.8. The lowest BCUT2D eigenvalue weighted by Crippen LogP contribution is -3.05. The molecule has 0 fully saturated rings. The van der Waals surface area contributed by atoms with Gasteiger partial charge >= 0.3 is 11.9 Å². The first-order valence-corrected chi connectivity index (χ1v) is 10.4. The molecule has 0 saturated carbocycles. The summed E-state index contributed by atoms with van der Waals surface area (Å²) in [5.41, 5.74) is 1.04. The van der Waals surface area contributed by atoms with Crippen LogP contribution in [0.4, 0.5) is 0 Å². The Morgan fingerprint density at radius 1 is 0.939 bits per heavy atom. The molecular weight excluding hydrogens is 422 g/mol. The first-order valence-electron chi connectivity index (χ1n) is 10.4. The van der Waals surface area contributed by atoms with Gasteiger partial charge in [0.25, 0.3) is 0 Å². The van der Waals surface area contributed by atoms with Crippen LogP contribution in [-0.2, 0) is 14.3 Å². The molecule has 1 N–H and O–H groups in total. The lowest BCUT2D eigenvalue weighted by Gasteiger charge is -2.10. The van der Waals surface area contributed by atoms with E-state index in [1.807, 2.05) is 36.4 Å². The second kappa shape index (κ2) is 16.9. The zero-order valence-corrected chi connectivity index (χ0v) is 19.8. The molecule has 178 valence electrons. The predicted octanol–water partition coefficient (Wildman–Crippen LogP) is 1.81. The van der Waals surface area contributed by atoms with Crippen molar-refractivity contribution in [1.82, 2.24) is 0 Å². The normalized spacial score (nSPS) is 9.36. The average molecular weight is 456 g/mol. The maximum Gasteiger partial charge on any atom is 0.338 e. The first kappa shape index (κ1) is 29.3. The minimum atomic E-state index is -1.47. The molecule has 0 atom stereocenters. The van der Waals surface area contributed by atoms with Crippen LogP contribution in [0.3, 0.4) is 0 Å². The first-order chi connectivity index (χ1) is 15.6. The van der Waals surface area contributed by atoms with Gasteiger partial charge in [-0.15, -0.1) is 0 Å². The van der Waals surface area contributed by atoms with Crippen LogP contribution >= 0.6 is 0 Å². The summed E-state index contributed by atoms with van der Waals surface area (Å²) in [6.45, 7) is 11.6. The molecule has 0 aliphatic heterocycles. The van der Waals surface area contributed by atoms with E-state index in [0.29, 0.717) is 0 Å². The molecule has 0 heterocycles. The van der Waals surface area contributed by atoms with Gasteiger partial charge in [-0.05, 0) is 25.5 Å². The second-order valence-electron chi connectivity index (χ2n) is 7.06. The smallest absolute Gasteiger partial charge is 0.338 e. The number of hydrogen-bond acceptors (Lipinski definition) is 6. The van der Waals surface area contributed by atoms with Gasteiger partial charge in [-0.25, -0.2) is 9.59 Å². The third-order valence-corrected chi connectivity index (χ3v) is 4.01. The lowest BCUT2D eigenvalue weighted by atomic mass is 10.1. The van der Waals surface area contributed by atoms with Gasteiger partial charge in [0.1, 0.15) is 13.2 Å². The zero-order valence-electron chi connectivity index (χ0n) is 19.8. The number of carboxylic acids is 1. The number of carboxylic acid groups (broad SMARTS) is 1. The number of quaternary nitrogens is 1. The van der Waals surface area contributed by atoms with E-state index in [1.54, 1.807) is 0 Å². The predicted molar refractivity (Wildman–Crippen MR) is 127 cm³/mol. The van der Waals surface area contributed by atoms with E-state index in [9.17, 15) is 19.5 Å². The SMILES string of the molecule is C=C(C)C(=O)OCCOC(=O)c1ccccc1C(=O)[O-].C=Cc1ccccc1.CC[NH+](C)C. The van der Waals surface area contributed by atoms with Crippen molar-refractivity contribution in [2.24, 2.45) is 0 Å². The molecule has 0 aromatic heterocycles. The monoisotopic (exact) mass is 455 g/mol. The van der Waals surface area contributed by atoms with Crippen molar-refractivity contribution in [3.63, 3.8) is 0 Å². The highest BCUT2D eigenvalue weighted by atomic mass is 16.6. The van der Waals surface area contributed by atoms with E-state index in [2.05, 4.69) is 34.2 Å². The fourth-order valence-corrected chi connectivity index (χ4v) is 1.90. The van der Waals surface area contributed by atoms with E-state index < -0.39 is 17.9 Å². The van der Waals surface area contributed by atoms with E-state index in [1.165, 1.54) is 48.2 Å². The number of esters is 2. The standard InChI is InChI=1S/C14H14O6.C8H8.C4H11N/c1-9(2)13(17)19-7-8-20-14(18)11-6-4-3-5-10(11)12(15)16;1-2-8-6-4-3-5-7-8;1-4-5(2)3/h3-6H,1,7-8H2,2H3,(H,15,16);2-7H,1H2;4H2,1-3H3. The van der Waals surface area contributed by atoms with Crippen molar-refractivity contribution in [3.8, 4) is 0 Å². The van der Waals surface area contributed by atoms with Gasteiger partial charge in [0, 0.05) is 11.1 Å². The van der Waals surface area contributed by atoms with Gasteiger partial charge in [-0.2, -0.15) is 0 Å². The van der Waals surface area contributed by atoms with Crippen LogP contribution < -0.4 is 10.0 Å². The fraction of sp³-hybridized carbons (Fsp3) is 0.269. The van der Waals surface area contributed by atoms with Crippen LogP contribution in [0.5, 0.6) is 0 Å². The van der Waals surface area contributed by atoms with Gasteiger partial charge in [-0.1, -0.05) is 67.8 Å². The van der Waals surface area contributed by atoms with Crippen LogP contribution in [0.25, 0.3) is 6.08 Å². The van der Waals surface area contributed by atoms with Crippen LogP contribution in [-0.4, -0.2) is 51.8 Å². The van der Waals surface area contributed by atoms with E-state index in [0.717, 1.165) is 0 Å². The number of nitrogens with one attached hydrogen (secondary N) is 1. The number of carbonyl (C=O) groups excluding carboxylic acids is 3. The third-order valence-electron chi connectivity index (χ3n) is 4.01. The van der Waals surface area contributed by atoms with Crippen LogP contribution in [0.2, 0.25) is 0 Å². The second-order valence-corrected chi connectivity index (χ2v) is 7.06. The topological polar surface area (TPSA) is 97.2 Å². The van der Waals surface area contributed by atoms with Crippen molar-refractivity contribution in [3.05, 3.63) is 90.0 Å². The molecular formula is C26H33NO6. The molecule has 7 nitrogen and oxygen atoms in total. The Kier molecular flexibility index (Phi) is 15.0. The molecule has 0 spiro atoms. The number of benzene rings is 2. The van der Waals surface area contributed by atoms with Crippen molar-refractivity contribution < 1.29 is 33.9 Å². The van der Waals surface area contributed by atoms with E-state index in [-0.39, 0.29) is 29.9 Å². The molecule has 0 unspecified atom stereocenters. The molecule has 0 aliphatic rings. The molecule has 7 heteroatoms. The van der Waals surface area contributed by atoms with E-state index in [4.69, 9.17) is 9.47 Å². The third kappa shape index (κ3) is 13.3. The molecule has 0 radical (unpaired) electrons. The zero-order chi connectivity index (χ0) is 25.2. The molecule has 2 aromatic rings. The van der Waals surface area contributed by atoms with Gasteiger partial charge in [0.05, 0.1) is 32.2 Å². The quantitative estimate of drug-likeness (QED) is 0.370. The van der Waals surface area contributed by atoms with Crippen molar-refractivity contribution in [2.75, 3.05) is 33.9 Å². The van der Waals surface area contributed by atoms with Gasteiger partial charge in [0.15, 0.2) is 0 Å². The summed E-state index contributed by atoms with van der Waals surface area (Å²) in [5.74, 6) is -2.88. The Morgan fingerprint density at radius 3 is 1.85 bits per heavy atom. The maximum absolute atomic E-state index is 11.7. The van der Waals surface area contributed by atoms with Crippen molar-refractivity contribution in [1.29, 1.82) is 0 Å². The Hall–Kier alpha value is -3.71. The summed E-state index contributed by atoms with van der Waals surface area (Å²) >= 11 is 0.